The predicted molar refractivity (Wildman–Crippen MR) is 193 cm³/mol. The van der Waals surface area contributed by atoms with E-state index < -0.39 is 22.6 Å². The number of amides is 3. The van der Waals surface area contributed by atoms with Crippen LogP contribution >= 0.6 is 11.8 Å². The maximum atomic E-state index is 14.9. The van der Waals surface area contributed by atoms with Crippen molar-refractivity contribution in [2.75, 3.05) is 54.0 Å². The van der Waals surface area contributed by atoms with Gasteiger partial charge in [-0.3, -0.25) is 14.4 Å². The normalized spacial score (nSPS) is 24.2. The van der Waals surface area contributed by atoms with Crippen molar-refractivity contribution in [1.29, 1.82) is 0 Å². The Kier molecular flexibility index (Phi) is 11.5. The van der Waals surface area contributed by atoms with Crippen LogP contribution in [0.1, 0.15) is 52.4 Å². The molecule has 2 aromatic rings. The Labute approximate surface area is 284 Å². The summed E-state index contributed by atoms with van der Waals surface area (Å²) in [5.41, 5.74) is 2.65. The van der Waals surface area contributed by atoms with Gasteiger partial charge in [0.15, 0.2) is 0 Å². The van der Waals surface area contributed by atoms with Gasteiger partial charge >= 0.3 is 0 Å². The van der Waals surface area contributed by atoms with E-state index in [9.17, 15) is 19.5 Å². The highest BCUT2D eigenvalue weighted by molar-refractivity contribution is 8.02. The smallest absolute Gasteiger partial charge is 0.251 e. The number of nitrogens with zero attached hydrogens (tertiary/aromatic N) is 4. The van der Waals surface area contributed by atoms with Crippen LogP contribution in [0.5, 0.6) is 0 Å². The van der Waals surface area contributed by atoms with Crippen LogP contribution in [-0.2, 0) is 14.4 Å². The third-order valence-electron chi connectivity index (χ3n) is 10.1. The van der Waals surface area contributed by atoms with Crippen LogP contribution in [0.2, 0.25) is 0 Å². The van der Waals surface area contributed by atoms with Gasteiger partial charge in [-0.2, -0.15) is 0 Å². The summed E-state index contributed by atoms with van der Waals surface area (Å²) in [5, 5.41) is 9.25. The molecule has 252 valence electrons. The minimum atomic E-state index is -0.683. The van der Waals surface area contributed by atoms with Crippen LogP contribution in [0, 0.1) is 11.8 Å². The molecule has 2 unspecified atom stereocenters. The third kappa shape index (κ3) is 6.61. The largest absolute Gasteiger partial charge is 0.396 e. The third-order valence-corrected chi connectivity index (χ3v) is 12.1. The maximum Gasteiger partial charge on any atom is 0.251 e. The van der Waals surface area contributed by atoms with Gasteiger partial charge in [0.25, 0.3) is 5.91 Å². The monoisotopic (exact) mass is 658 g/mol. The number of para-hydroxylation sites is 1. The molecule has 0 radical (unpaired) electrons. The number of aliphatic hydroxyl groups is 1. The number of thioether (sulfide) groups is 1. The fraction of sp³-hybridized carbons (Fsp3) is 0.500. The second-order valence-corrected chi connectivity index (χ2v) is 14.3. The Hall–Kier alpha value is -3.56. The number of likely N-dealkylation sites (tertiary alicyclic amines) is 1. The van der Waals surface area contributed by atoms with Gasteiger partial charge in [-0.05, 0) is 75.9 Å². The molecule has 0 aromatic heterocycles. The van der Waals surface area contributed by atoms with Gasteiger partial charge in [0.1, 0.15) is 6.04 Å². The first kappa shape index (κ1) is 34.8. The van der Waals surface area contributed by atoms with E-state index in [1.54, 1.807) is 33.7 Å². The van der Waals surface area contributed by atoms with Crippen LogP contribution < -0.4 is 14.7 Å². The summed E-state index contributed by atoms with van der Waals surface area (Å²) in [4.78, 5) is 51.6. The zero-order chi connectivity index (χ0) is 33.6. The summed E-state index contributed by atoms with van der Waals surface area (Å²) in [6.07, 6.45) is 8.13. The average Bonchev–Trinajstić information content (AvgIpc) is 3.74. The Morgan fingerprint density at radius 3 is 2.11 bits per heavy atom. The number of carbonyl (C=O) groups excluding carboxylic acids is 3. The lowest BCUT2D eigenvalue weighted by atomic mass is 9.70. The molecule has 2 aromatic carbocycles. The molecule has 5 atom stereocenters. The first-order chi connectivity index (χ1) is 22.9. The maximum absolute atomic E-state index is 14.9. The molecular weight excluding hydrogens is 609 g/mol. The van der Waals surface area contributed by atoms with Crippen LogP contribution in [-0.4, -0.2) is 83.1 Å². The number of hydrogen-bond donors (Lipinski definition) is 1. The lowest BCUT2D eigenvalue weighted by Crippen LogP contribution is -2.55. The van der Waals surface area contributed by atoms with E-state index in [0.717, 1.165) is 62.3 Å². The molecule has 5 rings (SSSR count). The van der Waals surface area contributed by atoms with Crippen molar-refractivity contribution in [2.45, 2.75) is 68.4 Å². The number of benzene rings is 2. The highest BCUT2D eigenvalue weighted by Gasteiger charge is 2.74. The molecule has 1 N–H and O–H groups in total. The van der Waals surface area contributed by atoms with Gasteiger partial charge < -0.3 is 24.7 Å². The molecule has 9 heteroatoms. The van der Waals surface area contributed by atoms with E-state index in [0.29, 0.717) is 26.1 Å². The molecule has 2 bridgehead atoms. The zero-order valence-electron chi connectivity index (χ0n) is 27.9. The highest BCUT2D eigenvalue weighted by atomic mass is 32.2. The minimum absolute atomic E-state index is 0.0318. The molecule has 3 fully saturated rings. The number of carbonyl (C=O) groups is 3. The highest BCUT2D eigenvalue weighted by Crippen LogP contribution is 2.67. The number of hydrogen-bond acceptors (Lipinski definition) is 6. The van der Waals surface area contributed by atoms with Crippen LogP contribution in [0.4, 0.5) is 17.1 Å². The fourth-order valence-electron chi connectivity index (χ4n) is 7.97. The first-order valence-corrected chi connectivity index (χ1v) is 18.1. The van der Waals surface area contributed by atoms with Crippen molar-refractivity contribution in [1.82, 2.24) is 4.90 Å². The number of fused-ring (bicyclic) bond motifs is 1. The molecule has 3 aliphatic rings. The lowest BCUT2D eigenvalue weighted by molar-refractivity contribution is -0.139. The number of rotatable bonds is 17. The molecule has 3 saturated heterocycles. The van der Waals surface area contributed by atoms with Crippen molar-refractivity contribution in [2.24, 2.45) is 11.8 Å². The molecule has 8 nitrogen and oxygen atoms in total. The minimum Gasteiger partial charge on any atom is -0.396 e. The number of unbranched alkanes of at least 4 members (excludes halogenated alkanes) is 3. The SMILES string of the molecule is C=CCN(C(=O)C1N(CCCCCCO)C(=O)[C@@H]2[C@@H](C(=O)N(CC=C)c3ccccc3)[C@H]3CCC12S3)c1ccc(N(CC)CC)cc1. The fourth-order valence-corrected chi connectivity index (χ4v) is 10.2. The van der Waals surface area contributed by atoms with Crippen molar-refractivity contribution in [3.63, 3.8) is 0 Å². The Morgan fingerprint density at radius 2 is 1.49 bits per heavy atom. The van der Waals surface area contributed by atoms with E-state index >= 15 is 0 Å². The number of aliphatic hydroxyl groups excluding tert-OH is 1. The second-order valence-electron chi connectivity index (χ2n) is 12.7. The molecule has 3 aliphatic heterocycles. The standard InChI is InChI=1S/C38H50N4O4S/c1-5-24-40(29-16-12-11-13-17-29)35(44)32-31-22-23-38(47-31)33(32)36(45)42(26-14-9-10-15-27-43)34(38)37(46)41(25-6-2)30-20-18-28(19-21-30)39(7-3)8-4/h5-6,11-13,16-21,31-34,43H,1-2,7-10,14-15,22-27H2,3-4H3/t31-,32+,33+,34?,38?/m1/s1. The molecule has 1 spiro atoms. The van der Waals surface area contributed by atoms with Gasteiger partial charge in [-0.25, -0.2) is 0 Å². The molecule has 47 heavy (non-hydrogen) atoms. The first-order valence-electron chi connectivity index (χ1n) is 17.2. The van der Waals surface area contributed by atoms with Crippen LogP contribution in [0.15, 0.2) is 79.9 Å². The molecular formula is C38H50N4O4S. The van der Waals surface area contributed by atoms with Crippen LogP contribution in [0.3, 0.4) is 0 Å². The van der Waals surface area contributed by atoms with Crippen molar-refractivity contribution in [3.05, 3.63) is 79.9 Å². The van der Waals surface area contributed by atoms with Gasteiger partial charge in [0.05, 0.1) is 16.6 Å². The van der Waals surface area contributed by atoms with E-state index in [2.05, 4.69) is 31.9 Å². The van der Waals surface area contributed by atoms with Crippen molar-refractivity contribution >= 4 is 46.5 Å². The predicted octanol–water partition coefficient (Wildman–Crippen LogP) is 5.91. The summed E-state index contributed by atoms with van der Waals surface area (Å²) < 4.78 is -0.679. The summed E-state index contributed by atoms with van der Waals surface area (Å²) in [6, 6.07) is 17.0. The Balaban J connectivity index is 1.51. The number of anilines is 3. The van der Waals surface area contributed by atoms with Gasteiger partial charge in [-0.1, -0.05) is 43.2 Å². The van der Waals surface area contributed by atoms with Gasteiger partial charge in [0, 0.05) is 61.6 Å². The lowest BCUT2D eigenvalue weighted by Gasteiger charge is -2.37. The Morgan fingerprint density at radius 1 is 0.894 bits per heavy atom. The molecule has 0 aliphatic carbocycles. The molecule has 3 heterocycles. The van der Waals surface area contributed by atoms with E-state index in [1.807, 2.05) is 59.5 Å². The summed E-state index contributed by atoms with van der Waals surface area (Å²) in [5.74, 6) is -1.35. The summed E-state index contributed by atoms with van der Waals surface area (Å²) >= 11 is 1.70. The van der Waals surface area contributed by atoms with E-state index in [1.165, 1.54) is 0 Å². The van der Waals surface area contributed by atoms with E-state index in [-0.39, 0.29) is 29.6 Å². The van der Waals surface area contributed by atoms with Crippen molar-refractivity contribution in [3.8, 4) is 0 Å². The van der Waals surface area contributed by atoms with Gasteiger partial charge in [-0.15, -0.1) is 24.9 Å². The molecule has 0 saturated carbocycles. The van der Waals surface area contributed by atoms with Crippen molar-refractivity contribution < 1.29 is 19.5 Å². The topological polar surface area (TPSA) is 84.4 Å². The second kappa shape index (κ2) is 15.6. The Bertz CT molecular complexity index is 1410. The van der Waals surface area contributed by atoms with Gasteiger partial charge in [0.2, 0.25) is 11.8 Å². The van der Waals surface area contributed by atoms with Crippen LogP contribution in [0.25, 0.3) is 0 Å². The zero-order valence-corrected chi connectivity index (χ0v) is 28.7. The molecule has 3 amide bonds. The summed E-state index contributed by atoms with van der Waals surface area (Å²) in [7, 11) is 0. The summed E-state index contributed by atoms with van der Waals surface area (Å²) in [6.45, 7) is 15.1. The average molecular weight is 659 g/mol. The quantitative estimate of drug-likeness (QED) is 0.168. The van der Waals surface area contributed by atoms with E-state index in [4.69, 9.17) is 0 Å².